The smallest absolute Gasteiger partial charge is 0.263 e. The molecule has 4 nitrogen and oxygen atoms in total. The van der Waals surface area contributed by atoms with Gasteiger partial charge in [0.2, 0.25) is 0 Å². The van der Waals surface area contributed by atoms with E-state index in [1.54, 1.807) is 0 Å². The van der Waals surface area contributed by atoms with Gasteiger partial charge in [0, 0.05) is 11.9 Å². The van der Waals surface area contributed by atoms with Crippen molar-refractivity contribution in [3.63, 3.8) is 0 Å². The Morgan fingerprint density at radius 3 is 2.20 bits per heavy atom. The van der Waals surface area contributed by atoms with Gasteiger partial charge in [-0.2, -0.15) is 5.26 Å². The van der Waals surface area contributed by atoms with Crippen molar-refractivity contribution >= 4 is 11.6 Å². The number of carbonyl (C=O) groups is 1. The van der Waals surface area contributed by atoms with Gasteiger partial charge in [-0.15, -0.1) is 0 Å². The van der Waals surface area contributed by atoms with Gasteiger partial charge in [0.15, 0.2) is 0 Å². The number of hydrogen-bond donors (Lipinski definition) is 2. The third-order valence-corrected chi connectivity index (χ3v) is 3.97. The molecule has 0 bridgehead atoms. The van der Waals surface area contributed by atoms with E-state index < -0.39 is 5.91 Å². The molecule has 2 N–H and O–H groups in total. The highest BCUT2D eigenvalue weighted by Crippen LogP contribution is 2.17. The van der Waals surface area contributed by atoms with E-state index in [1.165, 1.54) is 11.8 Å². The van der Waals surface area contributed by atoms with Crippen LogP contribution in [0, 0.1) is 11.3 Å². The van der Waals surface area contributed by atoms with Gasteiger partial charge in [0.25, 0.3) is 5.91 Å². The number of amides is 1. The monoisotopic (exact) mass is 333 g/mol. The molecular formula is C21H23N3O. The van der Waals surface area contributed by atoms with Gasteiger partial charge in [0.05, 0.1) is 6.04 Å². The average molecular weight is 333 g/mol. The molecule has 4 heteroatoms. The summed E-state index contributed by atoms with van der Waals surface area (Å²) in [5.41, 5.74) is 3.10. The number of carbonyl (C=O) groups excluding carboxylic acids is 1. The Kier molecular flexibility index (Phi) is 6.36. The number of rotatable bonds is 6. The molecular weight excluding hydrogens is 310 g/mol. The van der Waals surface area contributed by atoms with Gasteiger partial charge in [-0.3, -0.25) is 4.79 Å². The first-order chi connectivity index (χ1) is 12.0. The predicted molar refractivity (Wildman–Crippen MR) is 101 cm³/mol. The number of benzene rings is 2. The van der Waals surface area contributed by atoms with Crippen LogP contribution in [0.4, 0.5) is 5.69 Å². The molecule has 0 radical (unpaired) electrons. The normalized spacial score (nSPS) is 12.4. The minimum Gasteiger partial charge on any atom is -0.360 e. The van der Waals surface area contributed by atoms with E-state index in [-0.39, 0.29) is 11.6 Å². The highest BCUT2D eigenvalue weighted by molar-refractivity contribution is 5.97. The van der Waals surface area contributed by atoms with E-state index in [0.29, 0.717) is 5.92 Å². The maximum Gasteiger partial charge on any atom is 0.263 e. The molecule has 2 rings (SSSR count). The minimum absolute atomic E-state index is 0.0377. The van der Waals surface area contributed by atoms with Crippen LogP contribution in [0.15, 0.2) is 66.4 Å². The van der Waals surface area contributed by atoms with E-state index >= 15 is 0 Å². The number of nitrogens with zero attached hydrogens (tertiary/aromatic N) is 1. The average Bonchev–Trinajstić information content (AvgIpc) is 2.63. The van der Waals surface area contributed by atoms with Crippen LogP contribution in [0.5, 0.6) is 0 Å². The summed E-state index contributed by atoms with van der Waals surface area (Å²) in [6.45, 7) is 6.16. The molecule has 2 aromatic carbocycles. The molecule has 0 spiro atoms. The Balaban J connectivity index is 2.01. The quantitative estimate of drug-likeness (QED) is 0.604. The minimum atomic E-state index is -0.398. The van der Waals surface area contributed by atoms with Crippen LogP contribution < -0.4 is 10.6 Å². The molecule has 1 atom stereocenters. The predicted octanol–water partition coefficient (Wildman–Crippen LogP) is 4.51. The van der Waals surface area contributed by atoms with Gasteiger partial charge in [-0.1, -0.05) is 56.3 Å². The second kappa shape index (κ2) is 8.70. The summed E-state index contributed by atoms with van der Waals surface area (Å²) in [6, 6.07) is 19.3. The van der Waals surface area contributed by atoms with Crippen molar-refractivity contribution in [2.75, 3.05) is 5.32 Å². The maximum atomic E-state index is 12.3. The molecule has 1 amide bonds. The van der Waals surface area contributed by atoms with E-state index in [1.807, 2.05) is 67.6 Å². The third kappa shape index (κ3) is 5.22. The molecule has 0 saturated heterocycles. The number of anilines is 1. The van der Waals surface area contributed by atoms with Crippen LogP contribution in [0.1, 0.15) is 43.9 Å². The molecule has 1 unspecified atom stereocenters. The number of nitrogens with one attached hydrogen (secondary N) is 2. The van der Waals surface area contributed by atoms with Gasteiger partial charge < -0.3 is 10.6 Å². The summed E-state index contributed by atoms with van der Waals surface area (Å²) in [4.78, 5) is 12.3. The number of hydrogen-bond acceptors (Lipinski definition) is 3. The summed E-state index contributed by atoms with van der Waals surface area (Å²) >= 11 is 0. The lowest BCUT2D eigenvalue weighted by Gasteiger charge is -2.14. The van der Waals surface area contributed by atoms with E-state index in [9.17, 15) is 10.1 Å². The SMILES string of the molecule is CC(C)c1ccc(N/C=C(/C#N)C(=O)NC(C)c2ccccc2)cc1. The fourth-order valence-corrected chi connectivity index (χ4v) is 2.37. The summed E-state index contributed by atoms with van der Waals surface area (Å²) < 4.78 is 0. The maximum absolute atomic E-state index is 12.3. The Morgan fingerprint density at radius 1 is 1.00 bits per heavy atom. The first kappa shape index (κ1) is 18.3. The van der Waals surface area contributed by atoms with Crippen LogP contribution in [0.25, 0.3) is 0 Å². The van der Waals surface area contributed by atoms with Crippen molar-refractivity contribution in [3.05, 3.63) is 77.5 Å². The van der Waals surface area contributed by atoms with E-state index in [4.69, 9.17) is 0 Å². The van der Waals surface area contributed by atoms with Gasteiger partial charge >= 0.3 is 0 Å². The zero-order valence-corrected chi connectivity index (χ0v) is 14.8. The fraction of sp³-hybridized carbons (Fsp3) is 0.238. The summed E-state index contributed by atoms with van der Waals surface area (Å²) in [7, 11) is 0. The lowest BCUT2D eigenvalue weighted by Crippen LogP contribution is -2.28. The standard InChI is InChI=1S/C21H23N3O/c1-15(2)17-9-11-20(12-10-17)23-14-19(13-22)21(25)24-16(3)18-7-5-4-6-8-18/h4-12,14-16,23H,1-3H3,(H,24,25)/b19-14-. The van der Waals surface area contributed by atoms with E-state index in [2.05, 4.69) is 24.5 Å². The van der Waals surface area contributed by atoms with Crippen LogP contribution >= 0.6 is 0 Å². The second-order valence-electron chi connectivity index (χ2n) is 6.20. The summed E-state index contributed by atoms with van der Waals surface area (Å²) in [5, 5.41) is 15.1. The second-order valence-corrected chi connectivity index (χ2v) is 6.20. The van der Waals surface area contributed by atoms with Crippen molar-refractivity contribution in [2.45, 2.75) is 32.7 Å². The number of nitriles is 1. The third-order valence-electron chi connectivity index (χ3n) is 3.97. The van der Waals surface area contributed by atoms with Crippen molar-refractivity contribution in [1.82, 2.24) is 5.32 Å². The first-order valence-electron chi connectivity index (χ1n) is 8.34. The summed E-state index contributed by atoms with van der Waals surface area (Å²) in [5.74, 6) is 0.0645. The highest BCUT2D eigenvalue weighted by atomic mass is 16.1. The first-order valence-corrected chi connectivity index (χ1v) is 8.34. The molecule has 0 aliphatic carbocycles. The molecule has 0 aliphatic heterocycles. The molecule has 0 fully saturated rings. The fourth-order valence-electron chi connectivity index (χ4n) is 2.37. The summed E-state index contributed by atoms with van der Waals surface area (Å²) in [6.07, 6.45) is 1.44. The van der Waals surface area contributed by atoms with Crippen LogP contribution in [0.2, 0.25) is 0 Å². The molecule has 2 aromatic rings. The van der Waals surface area contributed by atoms with Crippen molar-refractivity contribution in [3.8, 4) is 6.07 Å². The van der Waals surface area contributed by atoms with Crippen molar-refractivity contribution < 1.29 is 4.79 Å². The molecule has 0 aromatic heterocycles. The van der Waals surface area contributed by atoms with Crippen LogP contribution in [0.3, 0.4) is 0 Å². The van der Waals surface area contributed by atoms with Crippen molar-refractivity contribution in [2.24, 2.45) is 0 Å². The van der Waals surface area contributed by atoms with Gasteiger partial charge in [0.1, 0.15) is 11.6 Å². The topological polar surface area (TPSA) is 64.9 Å². The zero-order valence-electron chi connectivity index (χ0n) is 14.8. The lowest BCUT2D eigenvalue weighted by atomic mass is 10.0. The highest BCUT2D eigenvalue weighted by Gasteiger charge is 2.13. The lowest BCUT2D eigenvalue weighted by molar-refractivity contribution is -0.117. The van der Waals surface area contributed by atoms with E-state index in [0.717, 1.165) is 11.3 Å². The Labute approximate surface area is 149 Å². The van der Waals surface area contributed by atoms with Crippen molar-refractivity contribution in [1.29, 1.82) is 5.26 Å². The molecule has 0 heterocycles. The Morgan fingerprint density at radius 2 is 1.64 bits per heavy atom. The zero-order chi connectivity index (χ0) is 18.2. The Bertz CT molecular complexity index is 771. The molecule has 0 aliphatic rings. The van der Waals surface area contributed by atoms with Gasteiger partial charge in [-0.25, -0.2) is 0 Å². The molecule has 128 valence electrons. The molecule has 0 saturated carbocycles. The largest absolute Gasteiger partial charge is 0.360 e. The van der Waals surface area contributed by atoms with Gasteiger partial charge in [-0.05, 0) is 36.1 Å². The molecule has 25 heavy (non-hydrogen) atoms. The van der Waals surface area contributed by atoms with Crippen LogP contribution in [-0.2, 0) is 4.79 Å². The van der Waals surface area contributed by atoms with Crippen LogP contribution in [-0.4, -0.2) is 5.91 Å². The Hall–Kier alpha value is -3.06.